The van der Waals surface area contributed by atoms with Gasteiger partial charge in [0.1, 0.15) is 10.3 Å². The van der Waals surface area contributed by atoms with Gasteiger partial charge in [-0.2, -0.15) is 9.97 Å². The van der Waals surface area contributed by atoms with Gasteiger partial charge in [0.2, 0.25) is 11.9 Å². The van der Waals surface area contributed by atoms with Gasteiger partial charge in [0.05, 0.1) is 5.56 Å². The van der Waals surface area contributed by atoms with E-state index >= 15 is 0 Å². The summed E-state index contributed by atoms with van der Waals surface area (Å²) in [7, 11) is 0. The predicted molar refractivity (Wildman–Crippen MR) is 71.7 cm³/mol. The molecule has 0 spiro atoms. The molecule has 0 aliphatic carbocycles. The maximum absolute atomic E-state index is 11.8. The van der Waals surface area contributed by atoms with Gasteiger partial charge in [-0.3, -0.25) is 14.5 Å². The van der Waals surface area contributed by atoms with E-state index in [0.717, 1.165) is 5.33 Å². The van der Waals surface area contributed by atoms with Crippen molar-refractivity contribution < 1.29 is 9.59 Å². The third-order valence-corrected chi connectivity index (χ3v) is 4.12. The summed E-state index contributed by atoms with van der Waals surface area (Å²) in [5, 5.41) is 0.633. The van der Waals surface area contributed by atoms with Gasteiger partial charge in [-0.05, 0) is 5.92 Å². The summed E-state index contributed by atoms with van der Waals surface area (Å²) in [5.41, 5.74) is 0.0331. The number of rotatable bonds is 3. The van der Waals surface area contributed by atoms with Crippen molar-refractivity contribution in [2.75, 3.05) is 16.8 Å². The average molecular weight is 353 g/mol. The number of hydrogen-bond donors (Lipinski definition) is 0. The Balaban J connectivity index is 2.35. The number of anilines is 1. The van der Waals surface area contributed by atoms with Crippen LogP contribution in [0.5, 0.6) is 0 Å². The van der Waals surface area contributed by atoms with Crippen molar-refractivity contribution in [2.45, 2.75) is 6.42 Å². The summed E-state index contributed by atoms with van der Waals surface area (Å²) in [6.07, 6.45) is 0.917. The Morgan fingerprint density at radius 2 is 2.00 bits per heavy atom. The Bertz CT molecular complexity index is 489. The zero-order valence-electron chi connectivity index (χ0n) is 9.07. The lowest BCUT2D eigenvalue weighted by Crippen LogP contribution is -2.27. The lowest BCUT2D eigenvalue weighted by atomic mass is 10.2. The van der Waals surface area contributed by atoms with Gasteiger partial charge in [-0.15, -0.1) is 0 Å². The second kappa shape index (κ2) is 5.50. The number of hydrogen-bond acceptors (Lipinski definition) is 4. The van der Waals surface area contributed by atoms with E-state index in [1.165, 1.54) is 4.90 Å². The minimum absolute atomic E-state index is 0.0331. The highest BCUT2D eigenvalue weighted by molar-refractivity contribution is 9.09. The number of carbonyl (C=O) groups is 2. The van der Waals surface area contributed by atoms with Crippen LogP contribution in [0.15, 0.2) is 0 Å². The zero-order valence-corrected chi connectivity index (χ0v) is 12.2. The van der Waals surface area contributed by atoms with E-state index in [2.05, 4.69) is 25.9 Å². The molecule has 96 valence electrons. The minimum atomic E-state index is -0.0783. The van der Waals surface area contributed by atoms with Crippen LogP contribution in [0.3, 0.4) is 0 Å². The molecule has 1 saturated heterocycles. The van der Waals surface area contributed by atoms with E-state index < -0.39 is 0 Å². The van der Waals surface area contributed by atoms with Crippen LogP contribution < -0.4 is 4.90 Å². The molecule has 1 atom stereocenters. The van der Waals surface area contributed by atoms with Crippen molar-refractivity contribution in [3.05, 3.63) is 15.9 Å². The summed E-state index contributed by atoms with van der Waals surface area (Å²) in [5.74, 6) is 0.277. The van der Waals surface area contributed by atoms with E-state index in [1.807, 2.05) is 0 Å². The molecular formula is C10H8BrCl2N3O2. The number of alkyl halides is 1. The Hall–Kier alpha value is -0.720. The van der Waals surface area contributed by atoms with Gasteiger partial charge in [-0.1, -0.05) is 39.1 Å². The first-order valence-electron chi connectivity index (χ1n) is 5.11. The molecule has 2 heterocycles. The first kappa shape index (κ1) is 13.7. The zero-order chi connectivity index (χ0) is 13.3. The van der Waals surface area contributed by atoms with Gasteiger partial charge in [0.15, 0.2) is 6.29 Å². The average Bonchev–Trinajstić information content (AvgIpc) is 2.70. The molecule has 1 unspecified atom stereocenters. The Morgan fingerprint density at radius 3 is 2.44 bits per heavy atom. The molecule has 1 fully saturated rings. The molecule has 0 saturated carbocycles. The Morgan fingerprint density at radius 1 is 1.39 bits per heavy atom. The molecule has 1 aromatic rings. The molecule has 0 aromatic carbocycles. The maximum atomic E-state index is 11.8. The monoisotopic (exact) mass is 351 g/mol. The smallest absolute Gasteiger partial charge is 0.235 e. The molecule has 0 N–H and O–H groups in total. The number of aromatic nitrogens is 2. The molecule has 8 heteroatoms. The van der Waals surface area contributed by atoms with Crippen molar-refractivity contribution in [2.24, 2.45) is 5.92 Å². The van der Waals surface area contributed by atoms with E-state index in [1.54, 1.807) is 0 Å². The fourth-order valence-corrected chi connectivity index (χ4v) is 2.60. The quantitative estimate of drug-likeness (QED) is 0.476. The van der Waals surface area contributed by atoms with Crippen LogP contribution in [0, 0.1) is 5.92 Å². The first-order chi connectivity index (χ1) is 8.56. The van der Waals surface area contributed by atoms with E-state index in [9.17, 15) is 9.59 Å². The summed E-state index contributed by atoms with van der Waals surface area (Å²) in [6, 6.07) is 0. The van der Waals surface area contributed by atoms with Crippen LogP contribution in [0.2, 0.25) is 10.3 Å². The predicted octanol–water partition coefficient (Wildman–Crippen LogP) is 2.34. The van der Waals surface area contributed by atoms with Gasteiger partial charge in [0.25, 0.3) is 0 Å². The van der Waals surface area contributed by atoms with Crippen molar-refractivity contribution >= 4 is 57.3 Å². The van der Waals surface area contributed by atoms with Crippen LogP contribution >= 0.6 is 39.1 Å². The fourth-order valence-electron chi connectivity index (χ4n) is 1.70. The highest BCUT2D eigenvalue weighted by Gasteiger charge is 2.32. The van der Waals surface area contributed by atoms with Gasteiger partial charge in [0, 0.05) is 18.3 Å². The van der Waals surface area contributed by atoms with Crippen molar-refractivity contribution in [1.29, 1.82) is 0 Å². The largest absolute Gasteiger partial charge is 0.298 e. The molecule has 18 heavy (non-hydrogen) atoms. The molecule has 5 nitrogen and oxygen atoms in total. The van der Waals surface area contributed by atoms with E-state index in [-0.39, 0.29) is 33.6 Å². The minimum Gasteiger partial charge on any atom is -0.298 e. The summed E-state index contributed by atoms with van der Waals surface area (Å²) >= 11 is 15.0. The van der Waals surface area contributed by atoms with Crippen molar-refractivity contribution in [3.63, 3.8) is 0 Å². The molecule has 0 radical (unpaired) electrons. The second-order valence-corrected chi connectivity index (χ2v) is 5.23. The molecule has 0 bridgehead atoms. The van der Waals surface area contributed by atoms with Gasteiger partial charge >= 0.3 is 0 Å². The molecule has 1 aliphatic rings. The van der Waals surface area contributed by atoms with Crippen LogP contribution in [-0.2, 0) is 4.79 Å². The van der Waals surface area contributed by atoms with Gasteiger partial charge in [-0.25, -0.2) is 0 Å². The van der Waals surface area contributed by atoms with Crippen LogP contribution in [0.4, 0.5) is 5.95 Å². The fraction of sp³-hybridized carbons (Fsp3) is 0.400. The molecule has 1 amide bonds. The highest BCUT2D eigenvalue weighted by Crippen LogP contribution is 2.27. The summed E-state index contributed by atoms with van der Waals surface area (Å²) in [4.78, 5) is 31.8. The standard InChI is InChI=1S/C10H8BrCl2N3O2/c11-2-5-1-7(18)16(3-5)10-14-8(12)6(4-17)9(13)15-10/h4-5H,1-3H2. The third-order valence-electron chi connectivity index (χ3n) is 2.62. The lowest BCUT2D eigenvalue weighted by Gasteiger charge is -2.14. The van der Waals surface area contributed by atoms with Crippen LogP contribution in [0.1, 0.15) is 16.8 Å². The topological polar surface area (TPSA) is 63.2 Å². The third kappa shape index (κ3) is 2.50. The van der Waals surface area contributed by atoms with E-state index in [4.69, 9.17) is 23.2 Å². The number of halogens is 3. The van der Waals surface area contributed by atoms with E-state index in [0.29, 0.717) is 19.3 Å². The number of amides is 1. The van der Waals surface area contributed by atoms with Crippen molar-refractivity contribution in [3.8, 4) is 0 Å². The van der Waals surface area contributed by atoms with Gasteiger partial charge < -0.3 is 0 Å². The highest BCUT2D eigenvalue weighted by atomic mass is 79.9. The lowest BCUT2D eigenvalue weighted by molar-refractivity contribution is -0.117. The first-order valence-corrected chi connectivity index (χ1v) is 6.99. The maximum Gasteiger partial charge on any atom is 0.235 e. The molecular weight excluding hydrogens is 345 g/mol. The number of aldehydes is 1. The van der Waals surface area contributed by atoms with Crippen molar-refractivity contribution in [1.82, 2.24) is 9.97 Å². The molecule has 1 aliphatic heterocycles. The second-order valence-electron chi connectivity index (χ2n) is 3.87. The Labute approximate surface area is 122 Å². The Kier molecular flexibility index (Phi) is 4.19. The number of carbonyl (C=O) groups excluding carboxylic acids is 2. The molecule has 2 rings (SSSR count). The summed E-state index contributed by atoms with van der Waals surface area (Å²) < 4.78 is 0. The normalized spacial score (nSPS) is 19.4. The van der Waals surface area contributed by atoms with Crippen LogP contribution in [0.25, 0.3) is 0 Å². The summed E-state index contributed by atoms with van der Waals surface area (Å²) in [6.45, 7) is 0.511. The SMILES string of the molecule is O=Cc1c(Cl)nc(N2CC(CBr)CC2=O)nc1Cl. The van der Waals surface area contributed by atoms with Crippen LogP contribution in [-0.4, -0.2) is 34.0 Å². The number of nitrogens with zero attached hydrogens (tertiary/aromatic N) is 3. The molecule has 1 aromatic heterocycles.